The van der Waals surface area contributed by atoms with Crippen molar-refractivity contribution in [1.29, 1.82) is 0 Å². The predicted octanol–water partition coefficient (Wildman–Crippen LogP) is 3.14. The number of rotatable bonds is 7. The van der Waals surface area contributed by atoms with Gasteiger partial charge in [-0.15, -0.1) is 0 Å². The average Bonchev–Trinajstić information content (AvgIpc) is 3.16. The van der Waals surface area contributed by atoms with E-state index in [9.17, 15) is 4.79 Å². The quantitative estimate of drug-likeness (QED) is 0.688. The highest BCUT2D eigenvalue weighted by Crippen LogP contribution is 2.18. The minimum Gasteiger partial charge on any atom is -0.494 e. The summed E-state index contributed by atoms with van der Waals surface area (Å²) in [5.41, 5.74) is 1.21. The molecule has 7 nitrogen and oxygen atoms in total. The van der Waals surface area contributed by atoms with Gasteiger partial charge in [0.15, 0.2) is 0 Å². The minimum atomic E-state index is -0.260. The topological polar surface area (TPSA) is 89.3 Å². The van der Waals surface area contributed by atoms with Gasteiger partial charge >= 0.3 is 0 Å². The first-order valence-electron chi connectivity index (χ1n) is 7.87. The van der Waals surface area contributed by atoms with Gasteiger partial charge in [-0.2, -0.15) is 0 Å². The molecule has 2 heterocycles. The summed E-state index contributed by atoms with van der Waals surface area (Å²) in [7, 11) is 0. The van der Waals surface area contributed by atoms with Crippen LogP contribution >= 0.6 is 0 Å². The summed E-state index contributed by atoms with van der Waals surface area (Å²) in [6, 6.07) is 11.0. The molecule has 25 heavy (non-hydrogen) atoms. The van der Waals surface area contributed by atoms with Crippen LogP contribution in [0.4, 0.5) is 11.6 Å². The molecule has 0 saturated carbocycles. The van der Waals surface area contributed by atoms with Crippen LogP contribution in [0.25, 0.3) is 0 Å². The number of anilines is 2. The smallest absolute Gasteiger partial charge is 0.254 e. The Morgan fingerprint density at radius 1 is 1.16 bits per heavy atom. The van der Waals surface area contributed by atoms with Crippen LogP contribution in [-0.2, 0) is 6.54 Å². The molecule has 128 valence electrons. The summed E-state index contributed by atoms with van der Waals surface area (Å²) in [6.07, 6.45) is 4.51. The van der Waals surface area contributed by atoms with Crippen LogP contribution in [0.15, 0.2) is 59.5 Å². The largest absolute Gasteiger partial charge is 0.494 e. The summed E-state index contributed by atoms with van der Waals surface area (Å²) in [4.78, 5) is 20.4. The lowest BCUT2D eigenvalue weighted by molar-refractivity contribution is 0.0947. The van der Waals surface area contributed by atoms with Crippen molar-refractivity contribution in [1.82, 2.24) is 15.3 Å². The molecule has 0 aliphatic rings. The number of amides is 1. The molecular formula is C18H18N4O3. The third kappa shape index (κ3) is 4.57. The minimum absolute atomic E-state index is 0.260. The van der Waals surface area contributed by atoms with Crippen LogP contribution in [0.1, 0.15) is 23.0 Å². The van der Waals surface area contributed by atoms with E-state index in [0.717, 1.165) is 11.4 Å². The fraction of sp³-hybridized carbons (Fsp3) is 0.167. The lowest BCUT2D eigenvalue weighted by Crippen LogP contribution is -2.22. The predicted molar refractivity (Wildman–Crippen MR) is 92.8 cm³/mol. The molecule has 0 aliphatic carbocycles. The first-order valence-corrected chi connectivity index (χ1v) is 7.87. The molecule has 2 N–H and O–H groups in total. The standard InChI is InChI=1S/C18H18N4O3/c1-2-24-15-7-5-14(6-8-15)22-18-20-10-13(11-21-18)17(23)19-12-16-4-3-9-25-16/h3-11H,2,12H2,1H3,(H,19,23)(H,20,21,22). The summed E-state index contributed by atoms with van der Waals surface area (Å²) in [5.74, 6) is 1.64. The maximum absolute atomic E-state index is 12.0. The second-order valence-corrected chi connectivity index (χ2v) is 5.14. The highest BCUT2D eigenvalue weighted by atomic mass is 16.5. The van der Waals surface area contributed by atoms with E-state index < -0.39 is 0 Å². The fourth-order valence-electron chi connectivity index (χ4n) is 2.12. The van der Waals surface area contributed by atoms with Gasteiger partial charge in [0.05, 0.1) is 25.0 Å². The van der Waals surface area contributed by atoms with E-state index in [-0.39, 0.29) is 5.91 Å². The first-order chi connectivity index (χ1) is 12.2. The molecule has 2 aromatic heterocycles. The van der Waals surface area contributed by atoms with E-state index in [1.165, 1.54) is 12.4 Å². The summed E-state index contributed by atoms with van der Waals surface area (Å²) < 4.78 is 10.6. The van der Waals surface area contributed by atoms with E-state index in [1.807, 2.05) is 31.2 Å². The van der Waals surface area contributed by atoms with Crippen molar-refractivity contribution < 1.29 is 13.9 Å². The molecule has 0 spiro atoms. The van der Waals surface area contributed by atoms with Crippen LogP contribution in [0.3, 0.4) is 0 Å². The summed E-state index contributed by atoms with van der Waals surface area (Å²) in [6.45, 7) is 2.88. The average molecular weight is 338 g/mol. The number of carbonyl (C=O) groups excluding carboxylic acids is 1. The van der Waals surface area contributed by atoms with Crippen molar-refractivity contribution in [2.24, 2.45) is 0 Å². The van der Waals surface area contributed by atoms with Crippen LogP contribution in [0.5, 0.6) is 5.75 Å². The number of nitrogens with zero attached hydrogens (tertiary/aromatic N) is 2. The maximum Gasteiger partial charge on any atom is 0.254 e. The molecule has 0 unspecified atom stereocenters. The Balaban J connectivity index is 1.56. The molecule has 0 atom stereocenters. The third-order valence-electron chi connectivity index (χ3n) is 3.34. The Morgan fingerprint density at radius 2 is 1.92 bits per heavy atom. The number of aromatic nitrogens is 2. The molecule has 1 amide bonds. The van der Waals surface area contributed by atoms with Crippen molar-refractivity contribution in [2.45, 2.75) is 13.5 Å². The van der Waals surface area contributed by atoms with Crippen molar-refractivity contribution in [3.8, 4) is 5.75 Å². The lowest BCUT2D eigenvalue weighted by Gasteiger charge is -2.07. The zero-order valence-corrected chi connectivity index (χ0v) is 13.7. The number of hydrogen-bond acceptors (Lipinski definition) is 6. The summed E-state index contributed by atoms with van der Waals surface area (Å²) >= 11 is 0. The van der Waals surface area contributed by atoms with Gasteiger partial charge in [-0.05, 0) is 43.3 Å². The van der Waals surface area contributed by atoms with Crippen molar-refractivity contribution in [3.05, 3.63) is 66.4 Å². The highest BCUT2D eigenvalue weighted by molar-refractivity contribution is 5.93. The van der Waals surface area contributed by atoms with Gasteiger partial charge in [0.1, 0.15) is 11.5 Å². The van der Waals surface area contributed by atoms with Crippen molar-refractivity contribution in [3.63, 3.8) is 0 Å². The number of benzene rings is 1. The number of ether oxygens (including phenoxy) is 1. The van der Waals surface area contributed by atoms with E-state index in [2.05, 4.69) is 20.6 Å². The van der Waals surface area contributed by atoms with E-state index in [4.69, 9.17) is 9.15 Å². The second kappa shape index (κ2) is 7.96. The maximum atomic E-state index is 12.0. The highest BCUT2D eigenvalue weighted by Gasteiger charge is 2.08. The molecule has 0 bridgehead atoms. The number of hydrogen-bond donors (Lipinski definition) is 2. The Hall–Kier alpha value is -3.35. The van der Waals surface area contributed by atoms with Gasteiger partial charge in [0.2, 0.25) is 5.95 Å². The van der Waals surface area contributed by atoms with Crippen molar-refractivity contribution in [2.75, 3.05) is 11.9 Å². The Morgan fingerprint density at radius 3 is 2.56 bits per heavy atom. The van der Waals surface area contributed by atoms with Crippen molar-refractivity contribution >= 4 is 17.5 Å². The van der Waals surface area contributed by atoms with E-state index >= 15 is 0 Å². The second-order valence-electron chi connectivity index (χ2n) is 5.14. The van der Waals surface area contributed by atoms with Gasteiger partial charge in [-0.3, -0.25) is 4.79 Å². The lowest BCUT2D eigenvalue weighted by atomic mass is 10.3. The Kier molecular flexibility index (Phi) is 5.26. The molecule has 0 radical (unpaired) electrons. The molecule has 7 heteroatoms. The Labute approximate surface area is 145 Å². The number of furan rings is 1. The van der Waals surface area contributed by atoms with Crippen LogP contribution in [-0.4, -0.2) is 22.5 Å². The third-order valence-corrected chi connectivity index (χ3v) is 3.34. The van der Waals surface area contributed by atoms with E-state index in [1.54, 1.807) is 18.4 Å². The number of nitrogens with one attached hydrogen (secondary N) is 2. The number of carbonyl (C=O) groups is 1. The molecule has 3 rings (SSSR count). The zero-order valence-electron chi connectivity index (χ0n) is 13.7. The molecule has 0 fully saturated rings. The van der Waals surface area contributed by atoms with Crippen LogP contribution in [0, 0.1) is 0 Å². The van der Waals surface area contributed by atoms with Gasteiger partial charge < -0.3 is 19.8 Å². The van der Waals surface area contributed by atoms with Crippen LogP contribution in [0.2, 0.25) is 0 Å². The van der Waals surface area contributed by atoms with Crippen LogP contribution < -0.4 is 15.4 Å². The zero-order chi connectivity index (χ0) is 17.5. The normalized spacial score (nSPS) is 10.3. The molecule has 3 aromatic rings. The molecule has 0 saturated heterocycles. The molecule has 1 aromatic carbocycles. The Bertz CT molecular complexity index is 799. The summed E-state index contributed by atoms with van der Waals surface area (Å²) in [5, 5.41) is 5.81. The van der Waals surface area contributed by atoms with Gasteiger partial charge in [0.25, 0.3) is 5.91 Å². The molecule has 0 aliphatic heterocycles. The monoisotopic (exact) mass is 338 g/mol. The van der Waals surface area contributed by atoms with Gasteiger partial charge in [0, 0.05) is 18.1 Å². The fourth-order valence-corrected chi connectivity index (χ4v) is 2.12. The van der Waals surface area contributed by atoms with Gasteiger partial charge in [-0.25, -0.2) is 9.97 Å². The van der Waals surface area contributed by atoms with E-state index in [0.29, 0.717) is 30.4 Å². The first kappa shape index (κ1) is 16.5. The SMILES string of the molecule is CCOc1ccc(Nc2ncc(C(=O)NCc3ccco3)cn2)cc1. The van der Waals surface area contributed by atoms with Gasteiger partial charge in [-0.1, -0.05) is 0 Å². The molecular weight excluding hydrogens is 320 g/mol.